The van der Waals surface area contributed by atoms with Gasteiger partial charge in [-0.25, -0.2) is 0 Å². The highest BCUT2D eigenvalue weighted by atomic mass is 79.9. The SMILES string of the molecule is C[C@H](N)C(=O)OCCBr.Cl. The maximum Gasteiger partial charge on any atom is 0.322 e. The van der Waals surface area contributed by atoms with Crippen LogP contribution in [0.15, 0.2) is 0 Å². The van der Waals surface area contributed by atoms with Crippen molar-refractivity contribution in [3.63, 3.8) is 0 Å². The molecule has 0 aliphatic heterocycles. The van der Waals surface area contributed by atoms with Crippen molar-refractivity contribution in [2.45, 2.75) is 13.0 Å². The van der Waals surface area contributed by atoms with Crippen LogP contribution in [-0.4, -0.2) is 23.9 Å². The summed E-state index contributed by atoms with van der Waals surface area (Å²) in [5, 5.41) is 0.658. The number of nitrogens with two attached hydrogens (primary N) is 1. The van der Waals surface area contributed by atoms with Gasteiger partial charge in [-0.15, -0.1) is 12.4 Å². The molecule has 62 valence electrons. The van der Waals surface area contributed by atoms with Crippen molar-refractivity contribution in [2.75, 3.05) is 11.9 Å². The number of hydrogen-bond donors (Lipinski definition) is 1. The van der Waals surface area contributed by atoms with Gasteiger partial charge in [0.2, 0.25) is 0 Å². The predicted octanol–water partition coefficient (Wildman–Crippen LogP) is 0.694. The van der Waals surface area contributed by atoms with Crippen LogP contribution in [0.2, 0.25) is 0 Å². The lowest BCUT2D eigenvalue weighted by molar-refractivity contribution is -0.144. The van der Waals surface area contributed by atoms with Crippen LogP contribution in [0.5, 0.6) is 0 Å². The molecule has 0 heterocycles. The maximum absolute atomic E-state index is 10.5. The largest absolute Gasteiger partial charge is 0.464 e. The van der Waals surface area contributed by atoms with Crippen molar-refractivity contribution in [1.82, 2.24) is 0 Å². The zero-order chi connectivity index (χ0) is 7.28. The molecule has 10 heavy (non-hydrogen) atoms. The Kier molecular flexibility index (Phi) is 9.38. The average molecular weight is 233 g/mol. The second-order valence-electron chi connectivity index (χ2n) is 1.65. The Morgan fingerprint density at radius 3 is 2.60 bits per heavy atom. The molecule has 0 unspecified atom stereocenters. The van der Waals surface area contributed by atoms with Crippen LogP contribution in [-0.2, 0) is 9.53 Å². The molecule has 0 aromatic rings. The van der Waals surface area contributed by atoms with E-state index < -0.39 is 6.04 Å². The molecule has 0 radical (unpaired) electrons. The van der Waals surface area contributed by atoms with Gasteiger partial charge in [-0.3, -0.25) is 4.79 Å². The molecule has 1 atom stereocenters. The molecule has 0 amide bonds. The van der Waals surface area contributed by atoms with E-state index in [1.165, 1.54) is 0 Å². The summed E-state index contributed by atoms with van der Waals surface area (Å²) in [5.41, 5.74) is 5.19. The minimum Gasteiger partial charge on any atom is -0.464 e. The van der Waals surface area contributed by atoms with E-state index in [1.807, 2.05) is 0 Å². The van der Waals surface area contributed by atoms with Crippen LogP contribution < -0.4 is 5.73 Å². The lowest BCUT2D eigenvalue weighted by Gasteiger charge is -2.03. The molecule has 0 rings (SSSR count). The summed E-state index contributed by atoms with van der Waals surface area (Å²) in [7, 11) is 0. The van der Waals surface area contributed by atoms with Crippen molar-refractivity contribution in [3.05, 3.63) is 0 Å². The molecule has 5 heteroatoms. The van der Waals surface area contributed by atoms with E-state index in [0.29, 0.717) is 11.9 Å². The topological polar surface area (TPSA) is 52.3 Å². The van der Waals surface area contributed by atoms with Gasteiger partial charge in [0.15, 0.2) is 0 Å². The molecule has 0 fully saturated rings. The van der Waals surface area contributed by atoms with Crippen LogP contribution in [0.4, 0.5) is 0 Å². The molecule has 0 aromatic heterocycles. The third-order valence-corrected chi connectivity index (χ3v) is 1.02. The Morgan fingerprint density at radius 2 is 2.30 bits per heavy atom. The Morgan fingerprint density at radius 1 is 1.80 bits per heavy atom. The van der Waals surface area contributed by atoms with Crippen molar-refractivity contribution in [3.8, 4) is 0 Å². The standard InChI is InChI=1S/C5H10BrNO2.ClH/c1-4(7)5(8)9-3-2-6;/h4H,2-3,7H2,1H3;1H/t4-;/m0./s1. The highest BCUT2D eigenvalue weighted by Crippen LogP contribution is 1.85. The summed E-state index contributed by atoms with van der Waals surface area (Å²) in [6.45, 7) is 1.98. The first-order chi connectivity index (χ1) is 4.18. The zero-order valence-corrected chi connectivity index (χ0v) is 8.07. The second-order valence-corrected chi connectivity index (χ2v) is 2.44. The van der Waals surface area contributed by atoms with Crippen molar-refractivity contribution in [2.24, 2.45) is 5.73 Å². The number of carbonyl (C=O) groups is 1. The zero-order valence-electron chi connectivity index (χ0n) is 5.67. The van der Waals surface area contributed by atoms with Gasteiger partial charge in [0.25, 0.3) is 0 Å². The fraction of sp³-hybridized carbons (Fsp3) is 0.800. The molecular weight excluding hydrogens is 221 g/mol. The molecule has 0 bridgehead atoms. The molecular formula is C5H11BrClNO2. The predicted molar refractivity (Wildman–Crippen MR) is 45.7 cm³/mol. The first-order valence-electron chi connectivity index (χ1n) is 2.66. The van der Waals surface area contributed by atoms with Crippen LogP contribution >= 0.6 is 28.3 Å². The smallest absolute Gasteiger partial charge is 0.322 e. The third kappa shape index (κ3) is 6.32. The van der Waals surface area contributed by atoms with Gasteiger partial charge in [-0.05, 0) is 6.92 Å². The van der Waals surface area contributed by atoms with Crippen LogP contribution in [0, 0.1) is 0 Å². The minimum atomic E-state index is -0.510. The van der Waals surface area contributed by atoms with E-state index in [-0.39, 0.29) is 18.4 Å². The lowest BCUT2D eigenvalue weighted by atomic mass is 10.4. The fourth-order valence-electron chi connectivity index (χ4n) is 0.271. The number of alkyl halides is 1. The molecule has 2 N–H and O–H groups in total. The maximum atomic E-state index is 10.5. The molecule has 0 spiro atoms. The highest BCUT2D eigenvalue weighted by molar-refractivity contribution is 9.09. The van der Waals surface area contributed by atoms with Gasteiger partial charge < -0.3 is 10.5 Å². The molecule has 0 aliphatic rings. The Bertz CT molecular complexity index is 99.6. The lowest BCUT2D eigenvalue weighted by Crippen LogP contribution is -2.29. The molecule has 0 aromatic carbocycles. The number of esters is 1. The molecule has 0 saturated heterocycles. The van der Waals surface area contributed by atoms with Gasteiger partial charge in [-0.2, -0.15) is 0 Å². The van der Waals surface area contributed by atoms with Crippen LogP contribution in [0.25, 0.3) is 0 Å². The second kappa shape index (κ2) is 7.31. The molecule has 0 saturated carbocycles. The summed E-state index contributed by atoms with van der Waals surface area (Å²) < 4.78 is 4.64. The summed E-state index contributed by atoms with van der Waals surface area (Å²) in [6, 6.07) is -0.510. The molecule has 0 aliphatic carbocycles. The first-order valence-corrected chi connectivity index (χ1v) is 3.79. The third-order valence-electron chi connectivity index (χ3n) is 0.693. The highest BCUT2D eigenvalue weighted by Gasteiger charge is 2.06. The quantitative estimate of drug-likeness (QED) is 0.575. The van der Waals surface area contributed by atoms with E-state index in [4.69, 9.17) is 5.73 Å². The van der Waals surface area contributed by atoms with Crippen molar-refractivity contribution < 1.29 is 9.53 Å². The van der Waals surface area contributed by atoms with Crippen LogP contribution in [0.3, 0.4) is 0 Å². The van der Waals surface area contributed by atoms with E-state index in [1.54, 1.807) is 6.92 Å². The van der Waals surface area contributed by atoms with Crippen molar-refractivity contribution in [1.29, 1.82) is 0 Å². The number of rotatable bonds is 3. The van der Waals surface area contributed by atoms with Gasteiger partial charge in [0, 0.05) is 5.33 Å². The van der Waals surface area contributed by atoms with Gasteiger partial charge >= 0.3 is 5.97 Å². The molecule has 3 nitrogen and oxygen atoms in total. The van der Waals surface area contributed by atoms with E-state index >= 15 is 0 Å². The van der Waals surface area contributed by atoms with Gasteiger partial charge in [0.1, 0.15) is 12.6 Å². The van der Waals surface area contributed by atoms with E-state index in [2.05, 4.69) is 20.7 Å². The summed E-state index contributed by atoms with van der Waals surface area (Å²) in [4.78, 5) is 10.5. The normalized spacial score (nSPS) is 11.5. The van der Waals surface area contributed by atoms with E-state index in [0.717, 1.165) is 0 Å². The van der Waals surface area contributed by atoms with Gasteiger partial charge in [0.05, 0.1) is 0 Å². The summed E-state index contributed by atoms with van der Waals surface area (Å²) in [5.74, 6) is -0.352. The number of hydrogen-bond acceptors (Lipinski definition) is 3. The Hall–Kier alpha value is 0.200. The van der Waals surface area contributed by atoms with Crippen LogP contribution in [0.1, 0.15) is 6.92 Å². The first kappa shape index (κ1) is 12.8. The minimum absolute atomic E-state index is 0. The summed E-state index contributed by atoms with van der Waals surface area (Å²) in [6.07, 6.45) is 0. The fourth-order valence-corrected chi connectivity index (χ4v) is 0.432. The number of ether oxygens (including phenoxy) is 1. The van der Waals surface area contributed by atoms with E-state index in [9.17, 15) is 4.79 Å². The number of carbonyl (C=O) groups excluding carboxylic acids is 1. The van der Waals surface area contributed by atoms with Crippen molar-refractivity contribution >= 4 is 34.3 Å². The number of halogens is 2. The Balaban J connectivity index is 0. The Labute approximate surface area is 74.8 Å². The van der Waals surface area contributed by atoms with Gasteiger partial charge in [-0.1, -0.05) is 15.9 Å². The average Bonchev–Trinajstić information content (AvgIpc) is 1.82. The summed E-state index contributed by atoms with van der Waals surface area (Å²) >= 11 is 3.11. The monoisotopic (exact) mass is 231 g/mol.